The van der Waals surface area contributed by atoms with Gasteiger partial charge < -0.3 is 11.1 Å². The molecule has 0 radical (unpaired) electrons. The maximum absolute atomic E-state index is 12.3. The highest BCUT2D eigenvalue weighted by atomic mass is 32.1. The fraction of sp³-hybridized carbons (Fsp3) is 0.467. The Labute approximate surface area is 119 Å². The molecule has 3 N–H and O–H groups in total. The van der Waals surface area contributed by atoms with Crippen molar-refractivity contribution in [3.8, 4) is 0 Å². The van der Waals surface area contributed by atoms with Crippen LogP contribution in [0, 0.1) is 5.41 Å². The van der Waals surface area contributed by atoms with Gasteiger partial charge in [-0.25, -0.2) is 0 Å². The number of thiocarbonyl (C=S) groups is 1. The average Bonchev–Trinajstić information content (AvgIpc) is 2.39. The third kappa shape index (κ3) is 2.78. The van der Waals surface area contributed by atoms with Crippen LogP contribution in [-0.2, 0) is 11.2 Å². The van der Waals surface area contributed by atoms with E-state index in [1.165, 1.54) is 11.1 Å². The zero-order valence-corrected chi connectivity index (χ0v) is 12.2. The molecule has 19 heavy (non-hydrogen) atoms. The van der Waals surface area contributed by atoms with Gasteiger partial charge in [-0.05, 0) is 44.2 Å². The smallest absolute Gasteiger partial charge is 0.232 e. The third-order valence-electron chi connectivity index (χ3n) is 3.86. The third-order valence-corrected chi connectivity index (χ3v) is 4.37. The molecule has 102 valence electrons. The SMILES string of the molecule is CC(C)(C(=O)NC1CCCc2ccccc21)C(N)=S. The molecule has 0 spiro atoms. The van der Waals surface area contributed by atoms with Crippen molar-refractivity contribution in [1.29, 1.82) is 0 Å². The molecule has 0 heterocycles. The lowest BCUT2D eigenvalue weighted by Gasteiger charge is -2.30. The molecule has 4 heteroatoms. The summed E-state index contributed by atoms with van der Waals surface area (Å²) in [7, 11) is 0. The predicted molar refractivity (Wildman–Crippen MR) is 80.8 cm³/mol. The summed E-state index contributed by atoms with van der Waals surface area (Å²) in [4.78, 5) is 12.5. The molecule has 0 aliphatic heterocycles. The predicted octanol–water partition coefficient (Wildman–Crippen LogP) is 2.49. The van der Waals surface area contributed by atoms with E-state index < -0.39 is 5.41 Å². The molecule has 1 aliphatic carbocycles. The van der Waals surface area contributed by atoms with Crippen molar-refractivity contribution in [1.82, 2.24) is 5.32 Å². The van der Waals surface area contributed by atoms with Crippen LogP contribution < -0.4 is 11.1 Å². The van der Waals surface area contributed by atoms with E-state index in [-0.39, 0.29) is 16.9 Å². The number of carbonyl (C=O) groups excluding carboxylic acids is 1. The van der Waals surface area contributed by atoms with Crippen molar-refractivity contribution in [2.45, 2.75) is 39.2 Å². The van der Waals surface area contributed by atoms with Gasteiger partial charge in [-0.2, -0.15) is 0 Å². The molecule has 3 nitrogen and oxygen atoms in total. The Morgan fingerprint density at radius 3 is 2.79 bits per heavy atom. The number of nitrogens with two attached hydrogens (primary N) is 1. The van der Waals surface area contributed by atoms with Crippen LogP contribution >= 0.6 is 12.2 Å². The Balaban J connectivity index is 2.18. The largest absolute Gasteiger partial charge is 0.392 e. The van der Waals surface area contributed by atoms with Crippen LogP contribution in [0.2, 0.25) is 0 Å². The molecule has 1 aromatic carbocycles. The zero-order valence-electron chi connectivity index (χ0n) is 11.4. The van der Waals surface area contributed by atoms with Crippen molar-refractivity contribution in [3.05, 3.63) is 35.4 Å². The van der Waals surface area contributed by atoms with Gasteiger partial charge in [0, 0.05) is 0 Å². The summed E-state index contributed by atoms with van der Waals surface area (Å²) in [6.07, 6.45) is 3.15. The van der Waals surface area contributed by atoms with Crippen molar-refractivity contribution in [3.63, 3.8) is 0 Å². The Kier molecular flexibility index (Phi) is 3.90. The maximum Gasteiger partial charge on any atom is 0.232 e. The number of fused-ring (bicyclic) bond motifs is 1. The lowest BCUT2D eigenvalue weighted by atomic mass is 9.86. The van der Waals surface area contributed by atoms with Crippen LogP contribution in [0.4, 0.5) is 0 Å². The molecule has 0 fully saturated rings. The summed E-state index contributed by atoms with van der Waals surface area (Å²) >= 11 is 4.97. The van der Waals surface area contributed by atoms with E-state index >= 15 is 0 Å². The van der Waals surface area contributed by atoms with Crippen LogP contribution in [0.5, 0.6) is 0 Å². The van der Waals surface area contributed by atoms with E-state index in [0.717, 1.165) is 19.3 Å². The summed E-state index contributed by atoms with van der Waals surface area (Å²) in [5.41, 5.74) is 7.39. The van der Waals surface area contributed by atoms with Crippen molar-refractivity contribution < 1.29 is 4.79 Å². The van der Waals surface area contributed by atoms with Gasteiger partial charge in [-0.3, -0.25) is 4.79 Å². The quantitative estimate of drug-likeness (QED) is 0.834. The Hall–Kier alpha value is -1.42. The fourth-order valence-electron chi connectivity index (χ4n) is 2.35. The van der Waals surface area contributed by atoms with E-state index in [9.17, 15) is 4.79 Å². The summed E-state index contributed by atoms with van der Waals surface area (Å²) in [5.74, 6) is -0.0956. The minimum Gasteiger partial charge on any atom is -0.392 e. The second kappa shape index (κ2) is 5.29. The minimum atomic E-state index is -0.804. The van der Waals surface area contributed by atoms with Gasteiger partial charge in [0.2, 0.25) is 5.91 Å². The Morgan fingerprint density at radius 2 is 2.11 bits per heavy atom. The van der Waals surface area contributed by atoms with E-state index in [1.807, 2.05) is 12.1 Å². The molecule has 1 atom stereocenters. The first-order valence-corrected chi connectivity index (χ1v) is 7.02. The molecule has 0 saturated heterocycles. The molecular formula is C15H20N2OS. The van der Waals surface area contributed by atoms with Crippen LogP contribution in [0.1, 0.15) is 43.9 Å². The molecule has 1 amide bonds. The Bertz CT molecular complexity index is 511. The topological polar surface area (TPSA) is 55.1 Å². The van der Waals surface area contributed by atoms with Crippen molar-refractivity contribution in [2.24, 2.45) is 11.1 Å². The van der Waals surface area contributed by atoms with Crippen molar-refractivity contribution >= 4 is 23.1 Å². The highest BCUT2D eigenvalue weighted by Gasteiger charge is 2.33. The summed E-state index contributed by atoms with van der Waals surface area (Å²) in [6.45, 7) is 3.53. The van der Waals surface area contributed by atoms with Gasteiger partial charge in [0.05, 0.1) is 16.4 Å². The molecule has 0 aromatic heterocycles. The number of amides is 1. The molecule has 1 unspecified atom stereocenters. The highest BCUT2D eigenvalue weighted by molar-refractivity contribution is 7.80. The first kappa shape index (κ1) is 14.0. The zero-order chi connectivity index (χ0) is 14.0. The van der Waals surface area contributed by atoms with Crippen molar-refractivity contribution in [2.75, 3.05) is 0 Å². The van der Waals surface area contributed by atoms with Gasteiger partial charge in [0.15, 0.2) is 0 Å². The number of rotatable bonds is 3. The van der Waals surface area contributed by atoms with E-state index in [1.54, 1.807) is 13.8 Å². The van der Waals surface area contributed by atoms with Gasteiger partial charge >= 0.3 is 0 Å². The lowest BCUT2D eigenvalue weighted by Crippen LogP contribution is -2.46. The second-order valence-electron chi connectivity index (χ2n) is 5.61. The van der Waals surface area contributed by atoms with Crippen LogP contribution in [0.3, 0.4) is 0 Å². The molecule has 2 rings (SSSR count). The minimum absolute atomic E-state index is 0.0751. The number of carbonyl (C=O) groups is 1. The fourth-order valence-corrected chi connectivity index (χ4v) is 2.45. The molecule has 1 aromatic rings. The number of hydrogen-bond donors (Lipinski definition) is 2. The average molecular weight is 276 g/mol. The van der Waals surface area contributed by atoms with Crippen LogP contribution in [0.25, 0.3) is 0 Å². The van der Waals surface area contributed by atoms with E-state index in [4.69, 9.17) is 18.0 Å². The summed E-state index contributed by atoms with van der Waals surface area (Å²) in [6, 6.07) is 8.36. The molecule has 0 saturated carbocycles. The van der Waals surface area contributed by atoms with Gasteiger partial charge in [0.1, 0.15) is 0 Å². The second-order valence-corrected chi connectivity index (χ2v) is 6.05. The number of nitrogens with one attached hydrogen (secondary N) is 1. The molecule has 1 aliphatic rings. The number of aryl methyl sites for hydroxylation is 1. The monoisotopic (exact) mass is 276 g/mol. The lowest BCUT2D eigenvalue weighted by molar-refractivity contribution is -0.127. The normalized spacial score (nSPS) is 18.5. The summed E-state index contributed by atoms with van der Waals surface area (Å²) < 4.78 is 0. The van der Waals surface area contributed by atoms with Gasteiger partial charge in [-0.1, -0.05) is 36.5 Å². The Morgan fingerprint density at radius 1 is 1.42 bits per heavy atom. The molecule has 0 bridgehead atoms. The van der Waals surface area contributed by atoms with Gasteiger partial charge in [0.25, 0.3) is 0 Å². The highest BCUT2D eigenvalue weighted by Crippen LogP contribution is 2.30. The number of benzene rings is 1. The first-order valence-electron chi connectivity index (χ1n) is 6.61. The molecular weight excluding hydrogens is 256 g/mol. The number of hydrogen-bond acceptors (Lipinski definition) is 2. The standard InChI is InChI=1S/C15H20N2OS/c1-15(2,13(16)19)14(18)17-12-9-5-7-10-6-3-4-8-11(10)12/h3-4,6,8,12H,5,7,9H2,1-2H3,(H2,16,19)(H,17,18). The first-order chi connectivity index (χ1) is 8.93. The van der Waals surface area contributed by atoms with Crippen LogP contribution in [-0.4, -0.2) is 10.9 Å². The van der Waals surface area contributed by atoms with E-state index in [2.05, 4.69) is 17.4 Å². The van der Waals surface area contributed by atoms with E-state index in [0.29, 0.717) is 0 Å². The summed E-state index contributed by atoms with van der Waals surface area (Å²) in [5, 5.41) is 3.09. The van der Waals surface area contributed by atoms with Crippen LogP contribution in [0.15, 0.2) is 24.3 Å². The maximum atomic E-state index is 12.3. The van der Waals surface area contributed by atoms with Gasteiger partial charge in [-0.15, -0.1) is 0 Å².